The highest BCUT2D eigenvalue weighted by atomic mass is 35.5. The number of thiophene rings is 1. The van der Waals surface area contributed by atoms with Crippen molar-refractivity contribution < 1.29 is 9.53 Å². The van der Waals surface area contributed by atoms with Gasteiger partial charge < -0.3 is 9.64 Å². The van der Waals surface area contributed by atoms with Crippen molar-refractivity contribution in [2.24, 2.45) is 0 Å². The van der Waals surface area contributed by atoms with E-state index in [0.29, 0.717) is 28.7 Å². The Hall–Kier alpha value is -2.04. The molecule has 0 spiro atoms. The Morgan fingerprint density at radius 1 is 1.21 bits per heavy atom. The van der Waals surface area contributed by atoms with E-state index in [4.69, 9.17) is 16.3 Å². The number of hydrogen-bond acceptors (Lipinski definition) is 3. The average molecular weight is 360 g/mol. The zero-order chi connectivity index (χ0) is 17.1. The van der Waals surface area contributed by atoms with Crippen LogP contribution in [-0.4, -0.2) is 24.5 Å². The lowest BCUT2D eigenvalue weighted by Crippen LogP contribution is -2.29. The minimum Gasteiger partial charge on any atom is -0.494 e. The smallest absolute Gasteiger partial charge is 0.268 e. The van der Waals surface area contributed by atoms with Crippen LogP contribution in [0.5, 0.6) is 5.75 Å². The maximum atomic E-state index is 13.0. The van der Waals surface area contributed by atoms with Gasteiger partial charge in [-0.25, -0.2) is 0 Å². The van der Waals surface area contributed by atoms with Crippen molar-refractivity contribution in [1.82, 2.24) is 4.90 Å². The third-order valence-corrected chi connectivity index (χ3v) is 5.26. The molecule has 124 valence electrons. The summed E-state index contributed by atoms with van der Waals surface area (Å²) in [5.74, 6) is 0.588. The summed E-state index contributed by atoms with van der Waals surface area (Å²) in [5, 5.41) is 1.52. The predicted molar refractivity (Wildman–Crippen MR) is 100 cm³/mol. The molecule has 1 heterocycles. The van der Waals surface area contributed by atoms with Crippen molar-refractivity contribution >= 4 is 38.9 Å². The molecule has 0 saturated carbocycles. The monoisotopic (exact) mass is 359 g/mol. The molecule has 5 heteroatoms. The molecule has 0 atom stereocenters. The molecule has 3 aromatic rings. The van der Waals surface area contributed by atoms with E-state index in [2.05, 4.69) is 0 Å². The molecule has 0 aliphatic carbocycles. The Kier molecular flexibility index (Phi) is 5.07. The van der Waals surface area contributed by atoms with Gasteiger partial charge in [-0.05, 0) is 30.7 Å². The first-order valence-electron chi connectivity index (χ1n) is 7.73. The summed E-state index contributed by atoms with van der Waals surface area (Å²) >= 11 is 7.53. The summed E-state index contributed by atoms with van der Waals surface area (Å²) in [6.45, 7) is 3.19. The van der Waals surface area contributed by atoms with Crippen LogP contribution in [0, 0.1) is 0 Å². The van der Waals surface area contributed by atoms with Crippen molar-refractivity contribution in [3.05, 3.63) is 64.0 Å². The maximum Gasteiger partial charge on any atom is 0.268 e. The van der Waals surface area contributed by atoms with Gasteiger partial charge in [-0.1, -0.05) is 41.9 Å². The van der Waals surface area contributed by atoms with Crippen LogP contribution in [0.4, 0.5) is 0 Å². The number of carbonyl (C=O) groups is 1. The lowest BCUT2D eigenvalue weighted by atomic mass is 10.2. The van der Waals surface area contributed by atoms with Crippen LogP contribution in [0.2, 0.25) is 5.02 Å². The summed E-state index contributed by atoms with van der Waals surface area (Å²) in [6.07, 6.45) is 0. The predicted octanol–water partition coefficient (Wildman–Crippen LogP) is 5.23. The lowest BCUT2D eigenvalue weighted by molar-refractivity contribution is 0.0754. The summed E-state index contributed by atoms with van der Waals surface area (Å²) in [7, 11) is 1.59. The van der Waals surface area contributed by atoms with Crippen LogP contribution < -0.4 is 4.74 Å². The van der Waals surface area contributed by atoms with Gasteiger partial charge in [0.15, 0.2) is 0 Å². The molecule has 2 aromatic carbocycles. The van der Waals surface area contributed by atoms with E-state index in [1.165, 1.54) is 11.3 Å². The van der Waals surface area contributed by atoms with Crippen molar-refractivity contribution in [2.45, 2.75) is 13.5 Å². The van der Waals surface area contributed by atoms with E-state index >= 15 is 0 Å². The Labute approximate surface area is 150 Å². The standard InChI is InChI=1S/C19H18ClNO2S/c1-3-21(12-13-7-5-4-6-8-13)19(22)18-17(23-2)15-11-14(20)9-10-16(15)24-18/h4-11H,3,12H2,1-2H3. The van der Waals surface area contributed by atoms with Gasteiger partial charge in [0.25, 0.3) is 5.91 Å². The second-order valence-electron chi connectivity index (χ2n) is 5.41. The number of carbonyl (C=O) groups excluding carboxylic acids is 1. The van der Waals surface area contributed by atoms with Gasteiger partial charge >= 0.3 is 0 Å². The van der Waals surface area contributed by atoms with Crippen molar-refractivity contribution in [2.75, 3.05) is 13.7 Å². The van der Waals surface area contributed by atoms with E-state index in [1.807, 2.05) is 60.4 Å². The minimum atomic E-state index is -0.0180. The number of ether oxygens (including phenoxy) is 1. The molecule has 0 bridgehead atoms. The fraction of sp³-hybridized carbons (Fsp3) is 0.211. The van der Waals surface area contributed by atoms with Crippen molar-refractivity contribution in [3.8, 4) is 5.75 Å². The molecule has 0 unspecified atom stereocenters. The third-order valence-electron chi connectivity index (χ3n) is 3.89. The van der Waals surface area contributed by atoms with Crippen LogP contribution in [0.15, 0.2) is 48.5 Å². The van der Waals surface area contributed by atoms with Crippen LogP contribution in [0.25, 0.3) is 10.1 Å². The molecule has 0 aliphatic rings. The SMILES string of the molecule is CCN(Cc1ccccc1)C(=O)c1sc2ccc(Cl)cc2c1OC. The minimum absolute atomic E-state index is 0.0180. The van der Waals surface area contributed by atoms with Crippen molar-refractivity contribution in [3.63, 3.8) is 0 Å². The topological polar surface area (TPSA) is 29.5 Å². The fourth-order valence-electron chi connectivity index (χ4n) is 2.67. The Morgan fingerprint density at radius 2 is 1.96 bits per heavy atom. The van der Waals surface area contributed by atoms with Gasteiger partial charge in [-0.2, -0.15) is 0 Å². The van der Waals surface area contributed by atoms with Gasteiger partial charge in [0.1, 0.15) is 10.6 Å². The molecule has 0 N–H and O–H groups in total. The molecule has 0 aliphatic heterocycles. The Balaban J connectivity index is 1.97. The van der Waals surface area contributed by atoms with Crippen molar-refractivity contribution in [1.29, 1.82) is 0 Å². The Morgan fingerprint density at radius 3 is 2.62 bits per heavy atom. The summed E-state index contributed by atoms with van der Waals surface area (Å²) < 4.78 is 6.52. The van der Waals surface area contributed by atoms with E-state index in [9.17, 15) is 4.79 Å². The second kappa shape index (κ2) is 7.24. The largest absolute Gasteiger partial charge is 0.494 e. The van der Waals surface area contributed by atoms with E-state index < -0.39 is 0 Å². The molecule has 0 saturated heterocycles. The van der Waals surface area contributed by atoms with Crippen LogP contribution in [0.1, 0.15) is 22.2 Å². The first-order chi connectivity index (χ1) is 11.6. The highest BCUT2D eigenvalue weighted by Gasteiger charge is 2.23. The number of methoxy groups -OCH3 is 1. The van der Waals surface area contributed by atoms with E-state index in [0.717, 1.165) is 15.6 Å². The number of halogens is 1. The van der Waals surface area contributed by atoms with Gasteiger partial charge in [0, 0.05) is 28.2 Å². The highest BCUT2D eigenvalue weighted by molar-refractivity contribution is 7.21. The summed E-state index contributed by atoms with van der Waals surface area (Å²) in [4.78, 5) is 15.5. The first kappa shape index (κ1) is 16.8. The fourth-order valence-corrected chi connectivity index (χ4v) is 3.96. The van der Waals surface area contributed by atoms with Crippen LogP contribution in [-0.2, 0) is 6.54 Å². The zero-order valence-corrected chi connectivity index (χ0v) is 15.2. The zero-order valence-electron chi connectivity index (χ0n) is 13.6. The molecule has 1 aromatic heterocycles. The van der Waals surface area contributed by atoms with E-state index in [1.54, 1.807) is 7.11 Å². The normalized spacial score (nSPS) is 10.8. The number of benzene rings is 2. The molecule has 0 fully saturated rings. The number of rotatable bonds is 5. The molecular formula is C19H18ClNO2S. The van der Waals surface area contributed by atoms with Gasteiger partial charge in [0.2, 0.25) is 0 Å². The number of amides is 1. The molecule has 1 amide bonds. The number of hydrogen-bond donors (Lipinski definition) is 0. The highest BCUT2D eigenvalue weighted by Crippen LogP contribution is 2.39. The lowest BCUT2D eigenvalue weighted by Gasteiger charge is -2.20. The summed E-state index contributed by atoms with van der Waals surface area (Å²) in [6, 6.07) is 15.6. The molecule has 3 rings (SSSR count). The quantitative estimate of drug-likeness (QED) is 0.624. The average Bonchev–Trinajstić information content (AvgIpc) is 2.97. The molecule has 3 nitrogen and oxygen atoms in total. The number of fused-ring (bicyclic) bond motifs is 1. The molecule has 0 radical (unpaired) electrons. The van der Waals surface area contributed by atoms with Gasteiger partial charge in [-0.15, -0.1) is 11.3 Å². The molecular weight excluding hydrogens is 342 g/mol. The van der Waals surface area contributed by atoms with Crippen LogP contribution in [0.3, 0.4) is 0 Å². The maximum absolute atomic E-state index is 13.0. The third kappa shape index (κ3) is 3.25. The van der Waals surface area contributed by atoms with Gasteiger partial charge in [0.05, 0.1) is 7.11 Å². The van der Waals surface area contributed by atoms with Gasteiger partial charge in [-0.3, -0.25) is 4.79 Å². The Bertz CT molecular complexity index is 860. The number of nitrogens with zero attached hydrogens (tertiary/aromatic N) is 1. The van der Waals surface area contributed by atoms with Crippen LogP contribution >= 0.6 is 22.9 Å². The first-order valence-corrected chi connectivity index (χ1v) is 8.92. The molecule has 24 heavy (non-hydrogen) atoms. The second-order valence-corrected chi connectivity index (χ2v) is 6.90. The van der Waals surface area contributed by atoms with E-state index in [-0.39, 0.29) is 5.91 Å². The summed E-state index contributed by atoms with van der Waals surface area (Å²) in [5.41, 5.74) is 1.11.